The van der Waals surface area contributed by atoms with Gasteiger partial charge in [0.25, 0.3) is 11.6 Å². The molecule has 0 unspecified atom stereocenters. The minimum absolute atomic E-state index is 0.00168. The summed E-state index contributed by atoms with van der Waals surface area (Å²) in [6.07, 6.45) is 5.02. The molecule has 0 saturated heterocycles. The van der Waals surface area contributed by atoms with Crippen molar-refractivity contribution in [3.8, 4) is 23.4 Å². The first-order valence-corrected chi connectivity index (χ1v) is 9.59. The molecule has 0 atom stereocenters. The second-order valence-corrected chi connectivity index (χ2v) is 6.53. The molecule has 0 aliphatic heterocycles. The topological polar surface area (TPSA) is 139 Å². The van der Waals surface area contributed by atoms with Crippen LogP contribution in [-0.2, 0) is 0 Å². The highest BCUT2D eigenvalue weighted by Gasteiger charge is 2.17. The van der Waals surface area contributed by atoms with Crippen molar-refractivity contribution in [3.63, 3.8) is 0 Å². The Morgan fingerprint density at radius 2 is 2.00 bits per heavy atom. The second-order valence-electron chi connectivity index (χ2n) is 6.13. The Morgan fingerprint density at radius 1 is 1.26 bits per heavy atom. The summed E-state index contributed by atoms with van der Waals surface area (Å²) in [6, 6.07) is 7.37. The number of nitriles is 1. The van der Waals surface area contributed by atoms with Crippen molar-refractivity contribution in [1.29, 1.82) is 5.26 Å². The highest BCUT2D eigenvalue weighted by Crippen LogP contribution is 2.31. The number of carbonyl (C=O) groups is 2. The lowest BCUT2D eigenvalue weighted by molar-refractivity contribution is -0.115. The number of pyridine rings is 1. The molecule has 0 radical (unpaired) electrons. The number of benzene rings is 1. The van der Waals surface area contributed by atoms with E-state index in [9.17, 15) is 9.59 Å². The van der Waals surface area contributed by atoms with Gasteiger partial charge in [-0.2, -0.15) is 5.26 Å². The van der Waals surface area contributed by atoms with Crippen LogP contribution in [0.2, 0.25) is 5.02 Å². The maximum Gasteiger partial charge on any atom is 0.339 e. The second kappa shape index (κ2) is 11.3. The van der Waals surface area contributed by atoms with E-state index < -0.39 is 11.7 Å². The molecule has 1 amide bonds. The van der Waals surface area contributed by atoms with E-state index in [4.69, 9.17) is 31.7 Å². The number of nitrogens with two attached hydrogens (primary N) is 1. The highest BCUT2D eigenvalue weighted by molar-refractivity contribution is 6.32. The van der Waals surface area contributed by atoms with Gasteiger partial charge in [0, 0.05) is 31.6 Å². The molecule has 0 bridgehead atoms. The number of nitrogens with one attached hydrogen (secondary N) is 2. The van der Waals surface area contributed by atoms with Gasteiger partial charge in [0.15, 0.2) is 0 Å². The van der Waals surface area contributed by atoms with Gasteiger partial charge in [-0.25, -0.2) is 15.1 Å². The maximum absolute atomic E-state index is 12.6. The first kappa shape index (κ1) is 23.4. The Balaban J connectivity index is 2.32. The molecule has 160 valence electrons. The van der Waals surface area contributed by atoms with Gasteiger partial charge in [-0.05, 0) is 24.6 Å². The molecule has 1 aromatic heterocycles. The Bertz CT molecular complexity index is 1060. The van der Waals surface area contributed by atoms with Crippen LogP contribution in [0.25, 0.3) is 0 Å². The van der Waals surface area contributed by atoms with Crippen molar-refractivity contribution in [2.75, 3.05) is 13.7 Å². The van der Waals surface area contributed by atoms with Crippen LogP contribution in [0.4, 0.5) is 0 Å². The molecule has 4 N–H and O–H groups in total. The number of Topliss-reactive ketones (excluding diaryl/α,β-unsaturated/α-hetero) is 1. The van der Waals surface area contributed by atoms with E-state index in [1.807, 2.05) is 6.92 Å². The summed E-state index contributed by atoms with van der Waals surface area (Å²) in [7, 11) is 1.70. The average Bonchev–Trinajstić information content (AvgIpc) is 2.76. The molecule has 9 nitrogen and oxygen atoms in total. The number of hydrogen-bond acceptors (Lipinski definition) is 7. The fraction of sp³-hybridized carbons (Fsp3) is 0.190. The summed E-state index contributed by atoms with van der Waals surface area (Å²) in [5.74, 6) is -0.462. The lowest BCUT2D eigenvalue weighted by Crippen LogP contribution is -2.49. The van der Waals surface area contributed by atoms with Crippen LogP contribution in [0.15, 0.2) is 42.7 Å². The summed E-state index contributed by atoms with van der Waals surface area (Å²) in [5.41, 5.74) is 0.275. The van der Waals surface area contributed by atoms with E-state index in [0.29, 0.717) is 12.4 Å². The standard InChI is InChI=1S/C21H20ClN5O4/c1-3-6-30-15-7-13(20(29)27-19(24)4-5-25-2)8-16(10-15)31-21-17(22)9-14(12-26-21)18(28)11-23/h4-5,7-10,12,25H,3,6H2,1-2H3,(H2,24,27,29)/p+1/b5-4-. The number of aromatic nitrogens is 1. The number of amides is 1. The molecule has 0 spiro atoms. The Morgan fingerprint density at radius 3 is 2.65 bits per heavy atom. The third kappa shape index (κ3) is 6.83. The normalized spacial score (nSPS) is 10.3. The Kier molecular flexibility index (Phi) is 8.54. The van der Waals surface area contributed by atoms with E-state index in [0.717, 1.165) is 6.42 Å². The zero-order chi connectivity index (χ0) is 22.8. The quantitative estimate of drug-likeness (QED) is 0.232. The molecule has 31 heavy (non-hydrogen) atoms. The van der Waals surface area contributed by atoms with Crippen LogP contribution in [0.5, 0.6) is 17.4 Å². The molecule has 0 fully saturated rings. The highest BCUT2D eigenvalue weighted by atomic mass is 35.5. The molecule has 2 rings (SSSR count). The number of hydrogen-bond donors (Lipinski definition) is 3. The van der Waals surface area contributed by atoms with Gasteiger partial charge in [-0.15, -0.1) is 0 Å². The van der Waals surface area contributed by atoms with Crippen LogP contribution in [0, 0.1) is 11.3 Å². The van der Waals surface area contributed by atoms with E-state index in [2.05, 4.69) is 15.6 Å². The fourth-order valence-corrected chi connectivity index (χ4v) is 2.49. The third-order valence-electron chi connectivity index (χ3n) is 3.69. The van der Waals surface area contributed by atoms with Gasteiger partial charge in [-0.3, -0.25) is 10.2 Å². The molecule has 0 saturated carbocycles. The van der Waals surface area contributed by atoms with Crippen LogP contribution >= 0.6 is 11.6 Å². The molecule has 1 heterocycles. The van der Waals surface area contributed by atoms with Gasteiger partial charge >= 0.3 is 5.91 Å². The smallest absolute Gasteiger partial charge is 0.339 e. The molecular weight excluding hydrogens is 422 g/mol. The minimum Gasteiger partial charge on any atom is -0.493 e. The number of halogens is 1. The molecule has 1 aromatic carbocycles. The summed E-state index contributed by atoms with van der Waals surface area (Å²) in [6.45, 7) is 2.39. The zero-order valence-electron chi connectivity index (χ0n) is 16.9. The van der Waals surface area contributed by atoms with Crippen LogP contribution in [-0.4, -0.2) is 36.2 Å². The Hall–Kier alpha value is -3.90. The molecule has 10 heteroatoms. The molecule has 0 aliphatic carbocycles. The Labute approximate surface area is 184 Å². The predicted molar refractivity (Wildman–Crippen MR) is 114 cm³/mol. The molecule has 2 aromatic rings. The van der Waals surface area contributed by atoms with E-state index in [-0.39, 0.29) is 33.6 Å². The minimum atomic E-state index is -0.768. The predicted octanol–water partition coefficient (Wildman–Crippen LogP) is 1.64. The van der Waals surface area contributed by atoms with Crippen molar-refractivity contribution < 1.29 is 24.5 Å². The average molecular weight is 443 g/mol. The van der Waals surface area contributed by atoms with E-state index in [1.165, 1.54) is 30.5 Å². The monoisotopic (exact) mass is 442 g/mol. The fourth-order valence-electron chi connectivity index (χ4n) is 2.28. The van der Waals surface area contributed by atoms with Crippen LogP contribution in [0.3, 0.4) is 0 Å². The maximum atomic E-state index is 12.6. The first-order chi connectivity index (χ1) is 14.9. The van der Waals surface area contributed by atoms with Gasteiger partial charge in [0.1, 0.15) is 22.6 Å². The summed E-state index contributed by atoms with van der Waals surface area (Å²) >= 11 is 6.13. The summed E-state index contributed by atoms with van der Waals surface area (Å²) in [4.78, 5) is 28.0. The van der Waals surface area contributed by atoms with Crippen LogP contribution < -0.4 is 25.5 Å². The molecular formula is C21H21ClN5O4+. The largest absolute Gasteiger partial charge is 0.493 e. The van der Waals surface area contributed by atoms with Crippen molar-refractivity contribution >= 4 is 29.1 Å². The third-order valence-corrected chi connectivity index (χ3v) is 3.96. The first-order valence-electron chi connectivity index (χ1n) is 9.21. The van der Waals surface area contributed by atoms with Crippen molar-refractivity contribution in [1.82, 2.24) is 15.6 Å². The number of rotatable bonds is 9. The van der Waals surface area contributed by atoms with Crippen molar-refractivity contribution in [2.45, 2.75) is 13.3 Å². The van der Waals surface area contributed by atoms with Gasteiger partial charge in [0.05, 0.1) is 17.7 Å². The number of nitrogens with zero attached hydrogens (tertiary/aromatic N) is 2. The summed E-state index contributed by atoms with van der Waals surface area (Å²) in [5, 5.41) is 19.8. The van der Waals surface area contributed by atoms with E-state index >= 15 is 0 Å². The van der Waals surface area contributed by atoms with Crippen LogP contribution in [0.1, 0.15) is 34.1 Å². The van der Waals surface area contributed by atoms with E-state index in [1.54, 1.807) is 25.4 Å². The van der Waals surface area contributed by atoms with Crippen molar-refractivity contribution in [2.24, 2.45) is 0 Å². The lowest BCUT2D eigenvalue weighted by Gasteiger charge is -2.11. The number of carbonyl (C=O) groups excluding carboxylic acids is 2. The SMILES string of the molecule is CCCOc1cc(Oc2ncc(C(=O)C#N)cc2Cl)cc(C(=O)NC(=[NH2+])/C=C\NC)c1. The van der Waals surface area contributed by atoms with Gasteiger partial charge < -0.3 is 14.8 Å². The number of ketones is 1. The van der Waals surface area contributed by atoms with Gasteiger partial charge in [-0.1, -0.05) is 18.5 Å². The number of ether oxygens (including phenoxy) is 2. The molecule has 0 aliphatic rings. The van der Waals surface area contributed by atoms with Gasteiger partial charge in [0.2, 0.25) is 5.88 Å². The number of amidine groups is 1. The van der Waals surface area contributed by atoms with Crippen molar-refractivity contribution in [3.05, 3.63) is 58.9 Å². The lowest BCUT2D eigenvalue weighted by atomic mass is 10.2. The summed E-state index contributed by atoms with van der Waals surface area (Å²) < 4.78 is 11.3. The zero-order valence-corrected chi connectivity index (χ0v) is 17.7.